The molecule has 2 nitrogen and oxygen atoms in total. The molecule has 1 fully saturated rings. The molecule has 0 saturated carbocycles. The van der Waals surface area contributed by atoms with E-state index < -0.39 is 0 Å². The van der Waals surface area contributed by atoms with Crippen molar-refractivity contribution >= 4 is 0 Å². The van der Waals surface area contributed by atoms with E-state index in [4.69, 9.17) is 0 Å². The standard InChI is InChI=1S/C10H21FN2/c1-3-10-7-12-9(2)8-13(10)6-4-5-11/h9-10,12H,3-8H2,1-2H3. The summed E-state index contributed by atoms with van der Waals surface area (Å²) < 4.78 is 12.0. The predicted octanol–water partition coefficient (Wildman–Crippen LogP) is 1.42. The van der Waals surface area contributed by atoms with Gasteiger partial charge in [-0.25, -0.2) is 0 Å². The highest BCUT2D eigenvalue weighted by molar-refractivity contribution is 4.82. The van der Waals surface area contributed by atoms with Crippen molar-refractivity contribution in [3.05, 3.63) is 0 Å². The van der Waals surface area contributed by atoms with Crippen LogP contribution in [0.15, 0.2) is 0 Å². The minimum Gasteiger partial charge on any atom is -0.311 e. The second-order valence-electron chi connectivity index (χ2n) is 3.91. The van der Waals surface area contributed by atoms with Crippen LogP contribution in [0.1, 0.15) is 26.7 Å². The summed E-state index contributed by atoms with van der Waals surface area (Å²) in [5, 5.41) is 3.45. The monoisotopic (exact) mass is 188 g/mol. The molecule has 3 heteroatoms. The van der Waals surface area contributed by atoms with Crippen LogP contribution in [0.5, 0.6) is 0 Å². The number of hydrogen-bond donors (Lipinski definition) is 1. The second kappa shape index (κ2) is 5.55. The first kappa shape index (κ1) is 10.9. The summed E-state index contributed by atoms with van der Waals surface area (Å²) in [7, 11) is 0. The van der Waals surface area contributed by atoms with Gasteiger partial charge in [0.1, 0.15) is 0 Å². The van der Waals surface area contributed by atoms with Crippen LogP contribution in [0.2, 0.25) is 0 Å². The Morgan fingerprint density at radius 3 is 2.92 bits per heavy atom. The molecule has 78 valence electrons. The van der Waals surface area contributed by atoms with Crippen LogP contribution >= 0.6 is 0 Å². The van der Waals surface area contributed by atoms with E-state index in [1.165, 1.54) is 0 Å². The van der Waals surface area contributed by atoms with Crippen molar-refractivity contribution in [3.8, 4) is 0 Å². The molecular formula is C10H21FN2. The van der Waals surface area contributed by atoms with Crippen LogP contribution in [0, 0.1) is 0 Å². The molecule has 1 aliphatic rings. The molecule has 1 heterocycles. The van der Waals surface area contributed by atoms with Crippen molar-refractivity contribution in [2.75, 3.05) is 26.3 Å². The van der Waals surface area contributed by atoms with Gasteiger partial charge in [0, 0.05) is 31.7 Å². The largest absolute Gasteiger partial charge is 0.311 e. The van der Waals surface area contributed by atoms with Crippen LogP contribution < -0.4 is 5.32 Å². The van der Waals surface area contributed by atoms with Crippen molar-refractivity contribution in [3.63, 3.8) is 0 Å². The molecule has 1 saturated heterocycles. The van der Waals surface area contributed by atoms with Crippen molar-refractivity contribution in [2.45, 2.75) is 38.8 Å². The maximum atomic E-state index is 12.0. The Hall–Kier alpha value is -0.150. The molecule has 0 spiro atoms. The van der Waals surface area contributed by atoms with Crippen molar-refractivity contribution < 1.29 is 4.39 Å². The van der Waals surface area contributed by atoms with Gasteiger partial charge in [0.15, 0.2) is 0 Å². The van der Waals surface area contributed by atoms with Crippen molar-refractivity contribution in [1.29, 1.82) is 0 Å². The summed E-state index contributed by atoms with van der Waals surface area (Å²) in [6.07, 6.45) is 1.84. The molecule has 1 aliphatic heterocycles. The number of alkyl halides is 1. The molecule has 0 bridgehead atoms. The van der Waals surface area contributed by atoms with Gasteiger partial charge >= 0.3 is 0 Å². The van der Waals surface area contributed by atoms with E-state index >= 15 is 0 Å². The van der Waals surface area contributed by atoms with Gasteiger partial charge in [-0.3, -0.25) is 9.29 Å². The molecule has 1 N–H and O–H groups in total. The molecule has 0 radical (unpaired) electrons. The third-order valence-electron chi connectivity index (χ3n) is 2.78. The minimum atomic E-state index is -0.186. The maximum absolute atomic E-state index is 12.0. The maximum Gasteiger partial charge on any atom is 0.0906 e. The van der Waals surface area contributed by atoms with E-state index in [0.717, 1.165) is 26.1 Å². The number of nitrogens with zero attached hydrogens (tertiary/aromatic N) is 1. The van der Waals surface area contributed by atoms with Crippen LogP contribution in [0.4, 0.5) is 4.39 Å². The Balaban J connectivity index is 2.35. The van der Waals surface area contributed by atoms with Crippen molar-refractivity contribution in [1.82, 2.24) is 10.2 Å². The summed E-state index contributed by atoms with van der Waals surface area (Å²) in [6, 6.07) is 1.17. The van der Waals surface area contributed by atoms with E-state index in [2.05, 4.69) is 24.1 Å². The van der Waals surface area contributed by atoms with Crippen LogP contribution in [0.25, 0.3) is 0 Å². The highest BCUT2D eigenvalue weighted by Gasteiger charge is 2.23. The van der Waals surface area contributed by atoms with Gasteiger partial charge in [-0.05, 0) is 19.8 Å². The SMILES string of the molecule is CCC1CNC(C)CN1CCCF. The average molecular weight is 188 g/mol. The molecule has 0 aromatic heterocycles. The normalized spacial score (nSPS) is 30.7. The zero-order valence-electron chi connectivity index (χ0n) is 8.72. The molecule has 2 atom stereocenters. The minimum absolute atomic E-state index is 0.186. The van der Waals surface area contributed by atoms with E-state index in [1.54, 1.807) is 0 Å². The number of nitrogens with one attached hydrogen (secondary N) is 1. The van der Waals surface area contributed by atoms with E-state index in [1.807, 2.05) is 0 Å². The summed E-state index contributed by atoms with van der Waals surface area (Å²) >= 11 is 0. The first-order chi connectivity index (χ1) is 6.27. The van der Waals surface area contributed by atoms with Gasteiger partial charge in [-0.2, -0.15) is 0 Å². The Labute approximate surface area is 80.5 Å². The molecule has 2 unspecified atom stereocenters. The zero-order chi connectivity index (χ0) is 9.68. The summed E-state index contributed by atoms with van der Waals surface area (Å²) in [6.45, 7) is 7.25. The Morgan fingerprint density at radius 2 is 2.31 bits per heavy atom. The van der Waals surface area contributed by atoms with Crippen LogP contribution in [-0.4, -0.2) is 43.3 Å². The predicted molar refractivity (Wildman–Crippen MR) is 53.7 cm³/mol. The smallest absolute Gasteiger partial charge is 0.0906 e. The summed E-state index contributed by atoms with van der Waals surface area (Å²) in [5.41, 5.74) is 0. The third-order valence-corrected chi connectivity index (χ3v) is 2.78. The van der Waals surface area contributed by atoms with Crippen LogP contribution in [-0.2, 0) is 0 Å². The second-order valence-corrected chi connectivity index (χ2v) is 3.91. The number of halogens is 1. The third kappa shape index (κ3) is 3.24. The molecule has 0 aromatic carbocycles. The first-order valence-corrected chi connectivity index (χ1v) is 5.31. The molecule has 0 aromatic rings. The van der Waals surface area contributed by atoms with E-state index in [9.17, 15) is 4.39 Å². The molecule has 13 heavy (non-hydrogen) atoms. The number of hydrogen-bond acceptors (Lipinski definition) is 2. The lowest BCUT2D eigenvalue weighted by molar-refractivity contribution is 0.127. The summed E-state index contributed by atoms with van der Waals surface area (Å²) in [5.74, 6) is 0. The van der Waals surface area contributed by atoms with Gasteiger partial charge < -0.3 is 5.32 Å². The quantitative estimate of drug-likeness (QED) is 0.718. The highest BCUT2D eigenvalue weighted by Crippen LogP contribution is 2.10. The van der Waals surface area contributed by atoms with E-state index in [-0.39, 0.29) is 6.67 Å². The lowest BCUT2D eigenvalue weighted by atomic mass is 10.1. The van der Waals surface area contributed by atoms with Gasteiger partial charge in [0.05, 0.1) is 6.67 Å². The van der Waals surface area contributed by atoms with Gasteiger partial charge in [-0.1, -0.05) is 6.92 Å². The fourth-order valence-corrected chi connectivity index (χ4v) is 1.97. The Kier molecular flexibility index (Phi) is 4.67. The van der Waals surface area contributed by atoms with Gasteiger partial charge in [-0.15, -0.1) is 0 Å². The Morgan fingerprint density at radius 1 is 1.54 bits per heavy atom. The number of piperazine rings is 1. The lowest BCUT2D eigenvalue weighted by Crippen LogP contribution is -2.55. The molecule has 0 amide bonds. The average Bonchev–Trinajstić information content (AvgIpc) is 2.15. The fraction of sp³-hybridized carbons (Fsp3) is 1.00. The molecular weight excluding hydrogens is 167 g/mol. The van der Waals surface area contributed by atoms with Crippen LogP contribution in [0.3, 0.4) is 0 Å². The Bertz CT molecular complexity index is 141. The molecule has 1 rings (SSSR count). The lowest BCUT2D eigenvalue weighted by Gasteiger charge is -2.38. The molecule has 0 aliphatic carbocycles. The zero-order valence-corrected chi connectivity index (χ0v) is 8.72. The van der Waals surface area contributed by atoms with Gasteiger partial charge in [0.25, 0.3) is 0 Å². The highest BCUT2D eigenvalue weighted by atomic mass is 19.1. The summed E-state index contributed by atoms with van der Waals surface area (Å²) in [4.78, 5) is 2.42. The van der Waals surface area contributed by atoms with E-state index in [0.29, 0.717) is 18.5 Å². The van der Waals surface area contributed by atoms with Crippen molar-refractivity contribution in [2.24, 2.45) is 0 Å². The number of rotatable bonds is 4. The first-order valence-electron chi connectivity index (χ1n) is 5.31. The van der Waals surface area contributed by atoms with Gasteiger partial charge in [0.2, 0.25) is 0 Å². The fourth-order valence-electron chi connectivity index (χ4n) is 1.97. The topological polar surface area (TPSA) is 15.3 Å².